The molecule has 98 valence electrons. The summed E-state index contributed by atoms with van der Waals surface area (Å²) in [5.41, 5.74) is 0. The molecule has 2 rings (SSSR count). The maximum absolute atomic E-state index is 12.0. The number of thiophene rings is 1. The van der Waals surface area contributed by atoms with Crippen LogP contribution < -0.4 is 10.0 Å². The third-order valence-electron chi connectivity index (χ3n) is 2.24. The maximum atomic E-state index is 12.0. The van der Waals surface area contributed by atoms with Crippen molar-refractivity contribution >= 4 is 21.4 Å². The average Bonchev–Trinajstić information content (AvgIpc) is 2.98. The second-order valence-electron chi connectivity index (χ2n) is 3.61. The molecule has 8 heteroatoms. The number of imidazole rings is 1. The first kappa shape index (κ1) is 13.2. The Labute approximate surface area is 110 Å². The summed E-state index contributed by atoms with van der Waals surface area (Å²) in [6, 6.07) is 3.42. The Hall–Kier alpha value is -1.22. The first-order chi connectivity index (χ1) is 8.62. The first-order valence-electron chi connectivity index (χ1n) is 5.33. The molecule has 0 atom stereocenters. The number of aromatic nitrogens is 2. The smallest absolute Gasteiger partial charge is 0.250 e. The molecule has 2 heterocycles. The average molecular weight is 286 g/mol. The zero-order valence-electron chi connectivity index (χ0n) is 9.80. The SMILES string of the molecule is CNCc1ccc(S(=O)(=O)NCc2ncc[nH]2)s1. The van der Waals surface area contributed by atoms with Crippen molar-refractivity contribution in [1.82, 2.24) is 20.0 Å². The highest BCUT2D eigenvalue weighted by Gasteiger charge is 2.16. The molecule has 0 saturated carbocycles. The van der Waals surface area contributed by atoms with Gasteiger partial charge in [0.25, 0.3) is 0 Å². The van der Waals surface area contributed by atoms with Gasteiger partial charge in [0.2, 0.25) is 10.0 Å². The predicted octanol–water partition coefficient (Wildman–Crippen LogP) is 0.669. The Kier molecular flexibility index (Phi) is 4.12. The molecule has 0 amide bonds. The van der Waals surface area contributed by atoms with Gasteiger partial charge in [-0.25, -0.2) is 18.1 Å². The first-order valence-corrected chi connectivity index (χ1v) is 7.63. The summed E-state index contributed by atoms with van der Waals surface area (Å²) in [6.07, 6.45) is 3.24. The van der Waals surface area contributed by atoms with Gasteiger partial charge in [0.1, 0.15) is 10.0 Å². The summed E-state index contributed by atoms with van der Waals surface area (Å²) in [4.78, 5) is 7.78. The lowest BCUT2D eigenvalue weighted by Gasteiger charge is -2.02. The van der Waals surface area contributed by atoms with Crippen LogP contribution in [0.3, 0.4) is 0 Å². The minimum Gasteiger partial charge on any atom is -0.347 e. The molecule has 18 heavy (non-hydrogen) atoms. The second-order valence-corrected chi connectivity index (χ2v) is 6.77. The van der Waals surface area contributed by atoms with E-state index in [1.807, 2.05) is 13.1 Å². The van der Waals surface area contributed by atoms with Crippen LogP contribution in [0.5, 0.6) is 0 Å². The summed E-state index contributed by atoms with van der Waals surface area (Å²) in [5, 5.41) is 2.98. The van der Waals surface area contributed by atoms with Crippen LogP contribution in [-0.2, 0) is 23.1 Å². The van der Waals surface area contributed by atoms with E-state index in [4.69, 9.17) is 0 Å². The Morgan fingerprint density at radius 1 is 1.39 bits per heavy atom. The van der Waals surface area contributed by atoms with Gasteiger partial charge < -0.3 is 10.3 Å². The molecule has 0 fully saturated rings. The normalized spacial score (nSPS) is 11.8. The fourth-order valence-corrected chi connectivity index (χ4v) is 3.80. The number of nitrogens with one attached hydrogen (secondary N) is 3. The van der Waals surface area contributed by atoms with Gasteiger partial charge in [-0.15, -0.1) is 11.3 Å². The number of nitrogens with zero attached hydrogens (tertiary/aromatic N) is 1. The standard InChI is InChI=1S/C10H14N4O2S2/c1-11-6-8-2-3-10(17-8)18(15,16)14-7-9-12-4-5-13-9/h2-5,11,14H,6-7H2,1H3,(H,12,13). The van der Waals surface area contributed by atoms with Crippen molar-refractivity contribution in [3.8, 4) is 0 Å². The van der Waals surface area contributed by atoms with Crippen LogP contribution in [0.15, 0.2) is 28.7 Å². The molecule has 0 aromatic carbocycles. The molecule has 6 nitrogen and oxygen atoms in total. The summed E-state index contributed by atoms with van der Waals surface area (Å²) in [6.45, 7) is 0.826. The highest BCUT2D eigenvalue weighted by Crippen LogP contribution is 2.21. The number of H-pyrrole nitrogens is 1. The summed E-state index contributed by atoms with van der Waals surface area (Å²) in [7, 11) is -1.63. The Balaban J connectivity index is 2.05. The van der Waals surface area contributed by atoms with Crippen molar-refractivity contribution in [3.05, 3.63) is 35.2 Å². The van der Waals surface area contributed by atoms with Gasteiger partial charge in [0.05, 0.1) is 6.54 Å². The fraction of sp³-hybridized carbons (Fsp3) is 0.300. The van der Waals surface area contributed by atoms with E-state index in [0.717, 1.165) is 4.88 Å². The number of rotatable bonds is 6. The fourth-order valence-electron chi connectivity index (χ4n) is 1.40. The quantitative estimate of drug-likeness (QED) is 0.728. The number of hydrogen-bond acceptors (Lipinski definition) is 5. The third-order valence-corrected chi connectivity index (χ3v) is 5.22. The van der Waals surface area contributed by atoms with Gasteiger partial charge in [-0.1, -0.05) is 0 Å². The minimum absolute atomic E-state index is 0.161. The van der Waals surface area contributed by atoms with Crippen LogP contribution in [0.4, 0.5) is 0 Å². The Morgan fingerprint density at radius 3 is 2.89 bits per heavy atom. The minimum atomic E-state index is -3.45. The predicted molar refractivity (Wildman–Crippen MR) is 69.7 cm³/mol. The number of hydrogen-bond donors (Lipinski definition) is 3. The third kappa shape index (κ3) is 3.16. The van der Waals surface area contributed by atoms with Crippen LogP contribution >= 0.6 is 11.3 Å². The van der Waals surface area contributed by atoms with E-state index in [2.05, 4.69) is 20.0 Å². The van der Waals surface area contributed by atoms with Crippen LogP contribution in [0.25, 0.3) is 0 Å². The zero-order chi connectivity index (χ0) is 13.0. The lowest BCUT2D eigenvalue weighted by Crippen LogP contribution is -2.22. The zero-order valence-corrected chi connectivity index (χ0v) is 11.4. The summed E-state index contributed by atoms with van der Waals surface area (Å²) in [5.74, 6) is 0.588. The number of sulfonamides is 1. The van der Waals surface area contributed by atoms with Crippen LogP contribution in [-0.4, -0.2) is 25.4 Å². The molecule has 2 aromatic heterocycles. The van der Waals surface area contributed by atoms with Crippen LogP contribution in [0, 0.1) is 0 Å². The van der Waals surface area contributed by atoms with Crippen LogP contribution in [0.1, 0.15) is 10.7 Å². The van der Waals surface area contributed by atoms with Gasteiger partial charge in [0.15, 0.2) is 0 Å². The maximum Gasteiger partial charge on any atom is 0.250 e. The summed E-state index contributed by atoms with van der Waals surface area (Å²) >= 11 is 1.26. The molecule has 3 N–H and O–H groups in total. The Morgan fingerprint density at radius 2 is 2.22 bits per heavy atom. The molecule has 0 aliphatic heterocycles. The van der Waals surface area contributed by atoms with Crippen molar-refractivity contribution in [1.29, 1.82) is 0 Å². The van der Waals surface area contributed by atoms with Crippen molar-refractivity contribution in [2.24, 2.45) is 0 Å². The number of aromatic amines is 1. The van der Waals surface area contributed by atoms with Gasteiger partial charge in [-0.3, -0.25) is 0 Å². The highest BCUT2D eigenvalue weighted by molar-refractivity contribution is 7.91. The van der Waals surface area contributed by atoms with Crippen LogP contribution in [0.2, 0.25) is 0 Å². The lowest BCUT2D eigenvalue weighted by atomic mass is 10.5. The molecule has 0 bridgehead atoms. The van der Waals surface area contributed by atoms with Gasteiger partial charge in [-0.05, 0) is 19.2 Å². The lowest BCUT2D eigenvalue weighted by molar-refractivity contribution is 0.582. The molecule has 0 radical (unpaired) electrons. The molecular weight excluding hydrogens is 272 g/mol. The molecule has 0 spiro atoms. The molecular formula is C10H14N4O2S2. The molecule has 0 aliphatic rings. The Bertz CT molecular complexity index is 589. The highest BCUT2D eigenvalue weighted by atomic mass is 32.2. The molecule has 2 aromatic rings. The van der Waals surface area contributed by atoms with E-state index in [1.165, 1.54) is 11.3 Å². The van der Waals surface area contributed by atoms with Crippen molar-refractivity contribution in [3.63, 3.8) is 0 Å². The van der Waals surface area contributed by atoms with E-state index in [1.54, 1.807) is 18.5 Å². The van der Waals surface area contributed by atoms with Gasteiger partial charge >= 0.3 is 0 Å². The van der Waals surface area contributed by atoms with E-state index in [-0.39, 0.29) is 6.54 Å². The van der Waals surface area contributed by atoms with Crippen molar-refractivity contribution in [2.45, 2.75) is 17.3 Å². The van der Waals surface area contributed by atoms with Gasteiger partial charge in [-0.2, -0.15) is 0 Å². The monoisotopic (exact) mass is 286 g/mol. The summed E-state index contributed by atoms with van der Waals surface area (Å²) < 4.78 is 26.8. The van der Waals surface area contributed by atoms with Gasteiger partial charge in [0, 0.05) is 23.8 Å². The van der Waals surface area contributed by atoms with Crippen molar-refractivity contribution < 1.29 is 8.42 Å². The molecule has 0 saturated heterocycles. The largest absolute Gasteiger partial charge is 0.347 e. The van der Waals surface area contributed by atoms with E-state index < -0.39 is 10.0 Å². The topological polar surface area (TPSA) is 86.9 Å². The van der Waals surface area contributed by atoms with Crippen molar-refractivity contribution in [2.75, 3.05) is 7.05 Å². The molecule has 0 unspecified atom stereocenters. The van der Waals surface area contributed by atoms with E-state index >= 15 is 0 Å². The van der Waals surface area contributed by atoms with E-state index in [9.17, 15) is 8.42 Å². The molecule has 0 aliphatic carbocycles. The second kappa shape index (κ2) is 5.61. The van der Waals surface area contributed by atoms with E-state index in [0.29, 0.717) is 16.6 Å².